The molecular weight excluding hydrogens is 492 g/mol. The largest absolute Gasteiger partial charge is 0.492 e. The summed E-state index contributed by atoms with van der Waals surface area (Å²) in [6.45, 7) is 4.97. The summed E-state index contributed by atoms with van der Waals surface area (Å²) in [4.78, 5) is 27.1. The zero-order chi connectivity index (χ0) is 25.4. The van der Waals surface area contributed by atoms with Gasteiger partial charge in [-0.3, -0.25) is 9.59 Å². The van der Waals surface area contributed by atoms with Gasteiger partial charge in [-0.2, -0.15) is 4.72 Å². The average Bonchev–Trinajstić information content (AvgIpc) is 2.85. The molecule has 35 heavy (non-hydrogen) atoms. The predicted octanol–water partition coefficient (Wildman–Crippen LogP) is 3.43. The van der Waals surface area contributed by atoms with Gasteiger partial charge in [0.1, 0.15) is 11.8 Å². The highest BCUT2D eigenvalue weighted by Gasteiger charge is 2.34. The Morgan fingerprint density at radius 1 is 1.09 bits per heavy atom. The van der Waals surface area contributed by atoms with Crippen molar-refractivity contribution in [3.8, 4) is 5.75 Å². The lowest BCUT2D eigenvalue weighted by molar-refractivity contribution is -0.151. The number of carbonyl (C=O) groups excluding carboxylic acids is 2. The molecule has 0 bridgehead atoms. The number of esters is 1. The van der Waals surface area contributed by atoms with Gasteiger partial charge < -0.3 is 14.4 Å². The van der Waals surface area contributed by atoms with E-state index in [1.54, 1.807) is 18.7 Å². The molecule has 1 aliphatic rings. The second-order valence-electron chi connectivity index (χ2n) is 8.24. The molecule has 1 fully saturated rings. The molecule has 0 spiro atoms. The van der Waals surface area contributed by atoms with Crippen molar-refractivity contribution in [3.05, 3.63) is 59.1 Å². The van der Waals surface area contributed by atoms with Crippen LogP contribution in [0.4, 0.5) is 0 Å². The number of piperidine rings is 1. The Hall–Kier alpha value is -2.62. The van der Waals surface area contributed by atoms with Crippen LogP contribution in [0, 0.1) is 5.92 Å². The lowest BCUT2D eigenvalue weighted by atomic mass is 9.96. The summed E-state index contributed by atoms with van der Waals surface area (Å²) in [5.41, 5.74) is 0.819. The molecule has 10 heteroatoms. The number of benzene rings is 2. The number of hydrogen-bond acceptors (Lipinski definition) is 6. The first-order valence-corrected chi connectivity index (χ1v) is 13.5. The van der Waals surface area contributed by atoms with E-state index < -0.39 is 16.1 Å². The number of nitrogens with one attached hydrogen (secondary N) is 1. The van der Waals surface area contributed by atoms with Crippen LogP contribution < -0.4 is 9.46 Å². The molecule has 0 saturated carbocycles. The topological polar surface area (TPSA) is 102 Å². The number of amides is 1. The SMILES string of the molecule is CCOC(=O)C1CCN(C(=O)[C@H](Cc2ccccc2)NS(=O)(=O)c2ccc(OCC)c(Cl)c2)CC1. The van der Waals surface area contributed by atoms with E-state index in [0.29, 0.717) is 44.9 Å². The van der Waals surface area contributed by atoms with Crippen molar-refractivity contribution < 1.29 is 27.5 Å². The number of halogens is 1. The van der Waals surface area contributed by atoms with Gasteiger partial charge in [0.2, 0.25) is 15.9 Å². The van der Waals surface area contributed by atoms with Gasteiger partial charge in [-0.15, -0.1) is 0 Å². The third-order valence-corrected chi connectivity index (χ3v) is 7.58. The van der Waals surface area contributed by atoms with Gasteiger partial charge in [0.25, 0.3) is 0 Å². The van der Waals surface area contributed by atoms with Gasteiger partial charge >= 0.3 is 5.97 Å². The van der Waals surface area contributed by atoms with Crippen molar-refractivity contribution >= 4 is 33.5 Å². The smallest absolute Gasteiger partial charge is 0.309 e. The standard InChI is InChI=1S/C25H31ClN2O6S/c1-3-33-23-11-10-20(17-21(23)26)35(31,32)27-22(16-18-8-6-5-7-9-18)24(29)28-14-12-19(13-15-28)25(30)34-4-2/h5-11,17,19,22,27H,3-4,12-16H2,1-2H3/t22-/m0/s1. The normalized spacial score (nSPS) is 15.5. The molecule has 1 atom stereocenters. The molecule has 1 saturated heterocycles. The first-order valence-electron chi connectivity index (χ1n) is 11.7. The summed E-state index contributed by atoms with van der Waals surface area (Å²) < 4.78 is 39.5. The molecule has 8 nitrogen and oxygen atoms in total. The minimum Gasteiger partial charge on any atom is -0.492 e. The summed E-state index contributed by atoms with van der Waals surface area (Å²) in [6.07, 6.45) is 1.13. The zero-order valence-electron chi connectivity index (χ0n) is 19.9. The van der Waals surface area contributed by atoms with Crippen LogP contribution in [-0.2, 0) is 30.8 Å². The Bertz CT molecular complexity index is 1120. The zero-order valence-corrected chi connectivity index (χ0v) is 21.5. The van der Waals surface area contributed by atoms with Crippen LogP contribution >= 0.6 is 11.6 Å². The van der Waals surface area contributed by atoms with E-state index in [4.69, 9.17) is 21.1 Å². The third-order valence-electron chi connectivity index (χ3n) is 5.82. The Morgan fingerprint density at radius 3 is 2.37 bits per heavy atom. The first kappa shape index (κ1) is 27.0. The number of carbonyl (C=O) groups is 2. The molecule has 1 amide bonds. The Balaban J connectivity index is 1.79. The van der Waals surface area contributed by atoms with Gasteiger partial charge in [0.05, 0.1) is 29.0 Å². The lowest BCUT2D eigenvalue weighted by Gasteiger charge is -2.33. The van der Waals surface area contributed by atoms with Gasteiger partial charge in [0, 0.05) is 13.1 Å². The molecule has 190 valence electrons. The highest BCUT2D eigenvalue weighted by Crippen LogP contribution is 2.28. The van der Waals surface area contributed by atoms with Crippen LogP contribution in [0.15, 0.2) is 53.4 Å². The van der Waals surface area contributed by atoms with E-state index in [9.17, 15) is 18.0 Å². The van der Waals surface area contributed by atoms with Crippen molar-refractivity contribution in [2.75, 3.05) is 26.3 Å². The molecule has 0 radical (unpaired) electrons. The maximum absolute atomic E-state index is 13.5. The molecule has 0 aromatic heterocycles. The number of hydrogen-bond donors (Lipinski definition) is 1. The fraction of sp³-hybridized carbons (Fsp3) is 0.440. The number of nitrogens with zero attached hydrogens (tertiary/aromatic N) is 1. The highest BCUT2D eigenvalue weighted by molar-refractivity contribution is 7.89. The van der Waals surface area contributed by atoms with E-state index in [0.717, 1.165) is 5.56 Å². The maximum atomic E-state index is 13.5. The van der Waals surface area contributed by atoms with Crippen molar-refractivity contribution in [3.63, 3.8) is 0 Å². The molecule has 2 aromatic rings. The molecule has 1 N–H and O–H groups in total. The molecule has 1 heterocycles. The minimum atomic E-state index is -4.06. The molecule has 0 unspecified atom stereocenters. The third kappa shape index (κ3) is 7.19. The van der Waals surface area contributed by atoms with Crippen molar-refractivity contribution in [1.82, 2.24) is 9.62 Å². The second-order valence-corrected chi connectivity index (χ2v) is 10.4. The summed E-state index contributed by atoms with van der Waals surface area (Å²) in [6, 6.07) is 12.4. The summed E-state index contributed by atoms with van der Waals surface area (Å²) >= 11 is 6.20. The lowest BCUT2D eigenvalue weighted by Crippen LogP contribution is -2.52. The van der Waals surface area contributed by atoms with Gasteiger partial charge in [-0.1, -0.05) is 41.9 Å². The van der Waals surface area contributed by atoms with Crippen molar-refractivity contribution in [2.24, 2.45) is 5.92 Å². The Morgan fingerprint density at radius 2 is 1.77 bits per heavy atom. The molecule has 3 rings (SSSR count). The second kappa shape index (κ2) is 12.4. The van der Waals surface area contributed by atoms with Gasteiger partial charge in [-0.25, -0.2) is 8.42 Å². The highest BCUT2D eigenvalue weighted by atomic mass is 35.5. The van der Waals surface area contributed by atoms with Crippen LogP contribution in [0.1, 0.15) is 32.3 Å². The van der Waals surface area contributed by atoms with Crippen LogP contribution in [0.2, 0.25) is 5.02 Å². The minimum absolute atomic E-state index is 0.0576. The van der Waals surface area contributed by atoms with Crippen LogP contribution in [-0.4, -0.2) is 57.5 Å². The quantitative estimate of drug-likeness (QED) is 0.480. The van der Waals surface area contributed by atoms with Crippen LogP contribution in [0.25, 0.3) is 0 Å². The maximum Gasteiger partial charge on any atom is 0.309 e. The first-order chi connectivity index (χ1) is 16.7. The number of likely N-dealkylation sites (tertiary alicyclic amines) is 1. The number of sulfonamides is 1. The number of rotatable bonds is 10. The van der Waals surface area contributed by atoms with Crippen molar-refractivity contribution in [2.45, 2.75) is 44.0 Å². The Kier molecular flexibility index (Phi) is 9.54. The monoisotopic (exact) mass is 522 g/mol. The average molecular weight is 523 g/mol. The molecule has 0 aliphatic carbocycles. The van der Waals surface area contributed by atoms with Crippen LogP contribution in [0.3, 0.4) is 0 Å². The molecular formula is C25H31ClN2O6S. The van der Waals surface area contributed by atoms with Crippen LogP contribution in [0.5, 0.6) is 5.75 Å². The Labute approximate surface area is 211 Å². The van der Waals surface area contributed by atoms with Gasteiger partial charge in [-0.05, 0) is 56.9 Å². The fourth-order valence-electron chi connectivity index (χ4n) is 4.02. The van der Waals surface area contributed by atoms with Gasteiger partial charge in [0.15, 0.2) is 0 Å². The van der Waals surface area contributed by atoms with E-state index in [2.05, 4.69) is 4.72 Å². The molecule has 1 aliphatic heterocycles. The molecule has 2 aromatic carbocycles. The summed E-state index contributed by atoms with van der Waals surface area (Å²) in [7, 11) is -4.06. The van der Waals surface area contributed by atoms with Crippen molar-refractivity contribution in [1.29, 1.82) is 0 Å². The van der Waals surface area contributed by atoms with E-state index >= 15 is 0 Å². The van der Waals surface area contributed by atoms with E-state index in [1.165, 1.54) is 18.2 Å². The van der Waals surface area contributed by atoms with E-state index in [-0.39, 0.29) is 34.1 Å². The van der Waals surface area contributed by atoms with E-state index in [1.807, 2.05) is 30.3 Å². The number of ether oxygens (including phenoxy) is 2. The fourth-order valence-corrected chi connectivity index (χ4v) is 5.54. The predicted molar refractivity (Wildman–Crippen MR) is 133 cm³/mol. The summed E-state index contributed by atoms with van der Waals surface area (Å²) in [5, 5.41) is 0.168. The summed E-state index contributed by atoms with van der Waals surface area (Å²) in [5.74, 6) is -0.464.